The van der Waals surface area contributed by atoms with Crippen molar-refractivity contribution >= 4 is 17.5 Å². The number of carbonyl (C=O) groups excluding carboxylic acids is 2. The van der Waals surface area contributed by atoms with E-state index in [0.29, 0.717) is 31.5 Å². The molecule has 146 valence electrons. The smallest absolute Gasteiger partial charge is 0.230 e. The van der Waals surface area contributed by atoms with E-state index < -0.39 is 0 Å². The van der Waals surface area contributed by atoms with Crippen LogP contribution >= 0.6 is 0 Å². The zero-order valence-electron chi connectivity index (χ0n) is 16.1. The number of hydrogen-bond donors (Lipinski definition) is 0. The molecule has 2 amide bonds. The van der Waals surface area contributed by atoms with Crippen LogP contribution in [0.2, 0.25) is 0 Å². The predicted octanol–water partition coefficient (Wildman–Crippen LogP) is 3.58. The van der Waals surface area contributed by atoms with Gasteiger partial charge in [-0.1, -0.05) is 36.4 Å². The Balaban J connectivity index is 1.37. The van der Waals surface area contributed by atoms with Gasteiger partial charge in [0, 0.05) is 30.7 Å². The van der Waals surface area contributed by atoms with Gasteiger partial charge in [-0.15, -0.1) is 0 Å². The molecule has 0 bridgehead atoms. The van der Waals surface area contributed by atoms with Crippen LogP contribution in [-0.2, 0) is 22.4 Å². The number of benzene rings is 2. The summed E-state index contributed by atoms with van der Waals surface area (Å²) in [5.41, 5.74) is 2.67. The second kappa shape index (κ2) is 7.74. The summed E-state index contributed by atoms with van der Waals surface area (Å²) < 4.78 is 13.8. The number of anilines is 1. The third-order valence-electron chi connectivity index (χ3n) is 5.94. The van der Waals surface area contributed by atoms with Gasteiger partial charge in [0.1, 0.15) is 5.82 Å². The van der Waals surface area contributed by atoms with E-state index in [2.05, 4.69) is 13.0 Å². The number of piperidine rings is 1. The average Bonchev–Trinajstić information content (AvgIpc) is 3.05. The SMILES string of the molecule is CC1Cc2ccccc2N1C(=O)C1CCN(C(=O)Cc2ccccc2F)CC1. The van der Waals surface area contributed by atoms with Crippen LogP contribution in [0, 0.1) is 11.7 Å². The minimum atomic E-state index is -0.345. The van der Waals surface area contributed by atoms with Gasteiger partial charge in [0.2, 0.25) is 11.8 Å². The molecular formula is C23H25FN2O2. The summed E-state index contributed by atoms with van der Waals surface area (Å²) in [5, 5.41) is 0. The number of fused-ring (bicyclic) bond motifs is 1. The Kier molecular flexibility index (Phi) is 5.16. The monoisotopic (exact) mass is 380 g/mol. The van der Waals surface area contributed by atoms with Crippen LogP contribution in [0.5, 0.6) is 0 Å². The standard InChI is InChI=1S/C23H25FN2O2/c1-16-14-19-7-3-5-9-21(19)26(16)23(28)17-10-12-25(13-11-17)22(27)15-18-6-2-4-8-20(18)24/h2-9,16-17H,10-15H2,1H3. The van der Waals surface area contributed by atoms with Crippen molar-refractivity contribution in [2.75, 3.05) is 18.0 Å². The van der Waals surface area contributed by atoms with E-state index in [9.17, 15) is 14.0 Å². The third kappa shape index (κ3) is 3.53. The molecule has 2 aliphatic heterocycles. The van der Waals surface area contributed by atoms with Gasteiger partial charge < -0.3 is 9.80 Å². The quantitative estimate of drug-likeness (QED) is 0.817. The maximum absolute atomic E-state index is 13.8. The van der Waals surface area contributed by atoms with Crippen molar-refractivity contribution in [3.8, 4) is 0 Å². The zero-order valence-corrected chi connectivity index (χ0v) is 16.1. The highest BCUT2D eigenvalue weighted by molar-refractivity contribution is 5.97. The number of carbonyl (C=O) groups is 2. The van der Waals surface area contributed by atoms with E-state index in [1.165, 1.54) is 11.6 Å². The van der Waals surface area contributed by atoms with Gasteiger partial charge in [-0.2, -0.15) is 0 Å². The molecule has 0 saturated carbocycles. The highest BCUT2D eigenvalue weighted by Crippen LogP contribution is 2.34. The van der Waals surface area contributed by atoms with Gasteiger partial charge in [0.15, 0.2) is 0 Å². The molecule has 5 heteroatoms. The molecule has 0 aromatic heterocycles. The number of amides is 2. The minimum absolute atomic E-state index is 0.0638. The minimum Gasteiger partial charge on any atom is -0.342 e. The average molecular weight is 380 g/mol. The number of hydrogen-bond acceptors (Lipinski definition) is 2. The van der Waals surface area contributed by atoms with Crippen LogP contribution in [0.3, 0.4) is 0 Å². The van der Waals surface area contributed by atoms with Crippen molar-refractivity contribution in [2.24, 2.45) is 5.92 Å². The van der Waals surface area contributed by atoms with E-state index in [1.54, 1.807) is 23.1 Å². The summed E-state index contributed by atoms with van der Waals surface area (Å²) in [6.07, 6.45) is 2.28. The Hall–Kier alpha value is -2.69. The number of halogens is 1. The summed E-state index contributed by atoms with van der Waals surface area (Å²) in [6.45, 7) is 3.19. The molecule has 1 unspecified atom stereocenters. The molecule has 2 aromatic carbocycles. The molecule has 2 aromatic rings. The van der Waals surface area contributed by atoms with Gasteiger partial charge in [-0.05, 0) is 49.4 Å². The molecule has 1 atom stereocenters. The summed E-state index contributed by atoms with van der Waals surface area (Å²) in [4.78, 5) is 29.4. The van der Waals surface area contributed by atoms with Crippen LogP contribution in [-0.4, -0.2) is 35.8 Å². The lowest BCUT2D eigenvalue weighted by Gasteiger charge is -2.34. The fourth-order valence-corrected chi connectivity index (χ4v) is 4.39. The van der Waals surface area contributed by atoms with Gasteiger partial charge in [0.25, 0.3) is 0 Å². The second-order valence-electron chi connectivity index (χ2n) is 7.81. The van der Waals surface area contributed by atoms with E-state index in [1.807, 2.05) is 23.1 Å². The number of rotatable bonds is 3. The Morgan fingerprint density at radius 3 is 2.46 bits per heavy atom. The van der Waals surface area contributed by atoms with E-state index >= 15 is 0 Å². The first-order chi connectivity index (χ1) is 13.5. The number of nitrogens with zero attached hydrogens (tertiary/aromatic N) is 2. The Morgan fingerprint density at radius 2 is 1.71 bits per heavy atom. The van der Waals surface area contributed by atoms with Crippen molar-refractivity contribution in [3.05, 3.63) is 65.5 Å². The summed E-state index contributed by atoms with van der Waals surface area (Å²) in [5.74, 6) is -0.316. The topological polar surface area (TPSA) is 40.6 Å². The molecule has 4 rings (SSSR count). The fourth-order valence-electron chi connectivity index (χ4n) is 4.39. The Bertz CT molecular complexity index is 890. The molecule has 1 saturated heterocycles. The fraction of sp³-hybridized carbons (Fsp3) is 0.391. The van der Waals surface area contributed by atoms with Gasteiger partial charge in [-0.3, -0.25) is 9.59 Å². The van der Waals surface area contributed by atoms with Gasteiger partial charge in [-0.25, -0.2) is 4.39 Å². The van der Waals surface area contributed by atoms with Crippen molar-refractivity contribution in [1.82, 2.24) is 4.90 Å². The number of likely N-dealkylation sites (tertiary alicyclic amines) is 1. The van der Waals surface area contributed by atoms with E-state index in [4.69, 9.17) is 0 Å². The molecule has 28 heavy (non-hydrogen) atoms. The van der Waals surface area contributed by atoms with Crippen LogP contribution in [0.25, 0.3) is 0 Å². The second-order valence-corrected chi connectivity index (χ2v) is 7.81. The van der Waals surface area contributed by atoms with Gasteiger partial charge in [0.05, 0.1) is 6.42 Å². The molecule has 1 fully saturated rings. The van der Waals surface area contributed by atoms with Crippen LogP contribution in [0.1, 0.15) is 30.9 Å². The first kappa shape index (κ1) is 18.7. The molecular weight excluding hydrogens is 355 g/mol. The Morgan fingerprint density at radius 1 is 1.04 bits per heavy atom. The van der Waals surface area contributed by atoms with E-state index in [-0.39, 0.29) is 36.0 Å². The van der Waals surface area contributed by atoms with Crippen molar-refractivity contribution < 1.29 is 14.0 Å². The lowest BCUT2D eigenvalue weighted by molar-refractivity contribution is -0.134. The van der Waals surface area contributed by atoms with Crippen LogP contribution in [0.4, 0.5) is 10.1 Å². The lowest BCUT2D eigenvalue weighted by atomic mass is 9.94. The lowest BCUT2D eigenvalue weighted by Crippen LogP contribution is -2.46. The number of para-hydroxylation sites is 1. The predicted molar refractivity (Wildman–Crippen MR) is 107 cm³/mol. The maximum Gasteiger partial charge on any atom is 0.230 e. The molecule has 0 spiro atoms. The van der Waals surface area contributed by atoms with Crippen molar-refractivity contribution in [3.63, 3.8) is 0 Å². The summed E-state index contributed by atoms with van der Waals surface area (Å²) in [7, 11) is 0. The summed E-state index contributed by atoms with van der Waals surface area (Å²) >= 11 is 0. The molecule has 2 heterocycles. The molecule has 0 aliphatic carbocycles. The van der Waals surface area contributed by atoms with Gasteiger partial charge >= 0.3 is 0 Å². The summed E-state index contributed by atoms with van der Waals surface area (Å²) in [6, 6.07) is 14.7. The molecule has 2 aliphatic rings. The van der Waals surface area contributed by atoms with Crippen LogP contribution in [0.15, 0.2) is 48.5 Å². The normalized spacial score (nSPS) is 19.6. The van der Waals surface area contributed by atoms with Crippen molar-refractivity contribution in [1.29, 1.82) is 0 Å². The third-order valence-corrected chi connectivity index (χ3v) is 5.94. The maximum atomic E-state index is 13.8. The first-order valence-corrected chi connectivity index (χ1v) is 9.96. The molecule has 0 N–H and O–H groups in total. The molecule has 0 radical (unpaired) electrons. The zero-order chi connectivity index (χ0) is 19.7. The first-order valence-electron chi connectivity index (χ1n) is 9.96. The highest BCUT2D eigenvalue weighted by atomic mass is 19.1. The Labute approximate surface area is 164 Å². The van der Waals surface area contributed by atoms with Crippen LogP contribution < -0.4 is 4.90 Å². The molecule has 4 nitrogen and oxygen atoms in total. The van der Waals surface area contributed by atoms with Crippen molar-refractivity contribution in [2.45, 2.75) is 38.6 Å². The largest absolute Gasteiger partial charge is 0.342 e. The highest BCUT2D eigenvalue weighted by Gasteiger charge is 2.36. The van der Waals surface area contributed by atoms with E-state index in [0.717, 1.165) is 12.1 Å².